The molecule has 0 aromatic heterocycles. The van der Waals surface area contributed by atoms with Gasteiger partial charge in [-0.2, -0.15) is 0 Å². The van der Waals surface area contributed by atoms with Crippen LogP contribution in [0.5, 0.6) is 0 Å². The summed E-state index contributed by atoms with van der Waals surface area (Å²) in [5, 5.41) is 8.82. The van der Waals surface area contributed by atoms with Gasteiger partial charge in [-0.3, -0.25) is 9.59 Å². The van der Waals surface area contributed by atoms with Gasteiger partial charge in [0, 0.05) is 11.1 Å². The third-order valence-corrected chi connectivity index (χ3v) is 1.95. The van der Waals surface area contributed by atoms with Gasteiger partial charge in [0.15, 0.2) is 12.6 Å². The van der Waals surface area contributed by atoms with Crippen molar-refractivity contribution in [2.24, 2.45) is 0 Å². The number of hydrogen-bond acceptors (Lipinski definition) is 3. The quantitative estimate of drug-likeness (QED) is 0.733. The summed E-state index contributed by atoms with van der Waals surface area (Å²) in [5.74, 6) is -1.27. The van der Waals surface area contributed by atoms with Crippen LogP contribution in [0.1, 0.15) is 36.6 Å². The van der Waals surface area contributed by atoms with Crippen molar-refractivity contribution in [1.29, 1.82) is 0 Å². The topological polar surface area (TPSA) is 71.4 Å². The fourth-order valence-corrected chi connectivity index (χ4v) is 1.23. The van der Waals surface area contributed by atoms with Crippen LogP contribution in [0.2, 0.25) is 0 Å². The minimum atomic E-state index is -1.27. The molecular weight excluding hydrogens is 184 g/mol. The van der Waals surface area contributed by atoms with Crippen molar-refractivity contribution < 1.29 is 19.5 Å². The molecule has 0 atom stereocenters. The van der Waals surface area contributed by atoms with E-state index in [9.17, 15) is 14.4 Å². The molecular formula is C10H8O4. The predicted octanol–water partition coefficient (Wildman–Crippen LogP) is 1.32. The molecule has 0 aliphatic carbocycles. The number of carboxylic acids is 1. The second-order valence-corrected chi connectivity index (χ2v) is 2.80. The number of carboxylic acid groups (broad SMARTS) is 1. The Morgan fingerprint density at radius 3 is 2.36 bits per heavy atom. The van der Waals surface area contributed by atoms with Crippen LogP contribution in [0.15, 0.2) is 12.1 Å². The number of aromatic carboxylic acids is 1. The lowest BCUT2D eigenvalue weighted by Gasteiger charge is -2.05. The number of benzene rings is 1. The van der Waals surface area contributed by atoms with Gasteiger partial charge in [-0.05, 0) is 12.5 Å². The van der Waals surface area contributed by atoms with Crippen LogP contribution in [0.3, 0.4) is 0 Å². The lowest BCUT2D eigenvalue weighted by atomic mass is 9.98. The number of aldehydes is 2. The highest BCUT2D eigenvalue weighted by Gasteiger charge is 2.16. The Morgan fingerprint density at radius 2 is 1.93 bits per heavy atom. The highest BCUT2D eigenvalue weighted by atomic mass is 16.4. The molecule has 0 saturated heterocycles. The maximum atomic E-state index is 10.8. The summed E-state index contributed by atoms with van der Waals surface area (Å²) < 4.78 is 0. The highest BCUT2D eigenvalue weighted by molar-refractivity contribution is 6.04. The average Bonchev–Trinajstić information content (AvgIpc) is 2.17. The van der Waals surface area contributed by atoms with E-state index < -0.39 is 5.97 Å². The number of carbonyl (C=O) groups is 3. The average molecular weight is 192 g/mol. The minimum absolute atomic E-state index is 0.0187. The molecule has 0 bridgehead atoms. The van der Waals surface area contributed by atoms with Crippen molar-refractivity contribution in [3.8, 4) is 0 Å². The summed E-state index contributed by atoms with van der Waals surface area (Å²) in [7, 11) is 0. The molecule has 0 amide bonds. The van der Waals surface area contributed by atoms with E-state index in [0.717, 1.165) is 0 Å². The summed E-state index contributed by atoms with van der Waals surface area (Å²) in [6.07, 6.45) is 0.877. The zero-order chi connectivity index (χ0) is 10.7. The molecule has 0 radical (unpaired) electrons. The van der Waals surface area contributed by atoms with Crippen molar-refractivity contribution in [2.75, 3.05) is 0 Å². The predicted molar refractivity (Wildman–Crippen MR) is 48.9 cm³/mol. The monoisotopic (exact) mass is 192 g/mol. The van der Waals surface area contributed by atoms with E-state index >= 15 is 0 Å². The van der Waals surface area contributed by atoms with Crippen molar-refractivity contribution in [2.45, 2.75) is 6.92 Å². The fraction of sp³-hybridized carbons (Fsp3) is 0.100. The number of aryl methyl sites for hydroxylation is 1. The van der Waals surface area contributed by atoms with Crippen molar-refractivity contribution in [1.82, 2.24) is 0 Å². The molecule has 1 aromatic carbocycles. The standard InChI is InChI=1S/C10H8O4/c1-6-2-3-7(4-11)9(10(13)14)8(6)5-12/h2-5H,1H3,(H,13,14). The zero-order valence-electron chi connectivity index (χ0n) is 7.48. The lowest BCUT2D eigenvalue weighted by molar-refractivity contribution is 0.0691. The Balaban J connectivity index is 3.59. The van der Waals surface area contributed by atoms with E-state index in [2.05, 4.69) is 0 Å². The van der Waals surface area contributed by atoms with Crippen LogP contribution < -0.4 is 0 Å². The van der Waals surface area contributed by atoms with Gasteiger partial charge in [0.1, 0.15) is 0 Å². The second kappa shape index (κ2) is 3.83. The van der Waals surface area contributed by atoms with Crippen molar-refractivity contribution in [3.63, 3.8) is 0 Å². The third-order valence-electron chi connectivity index (χ3n) is 1.95. The smallest absolute Gasteiger partial charge is 0.337 e. The van der Waals surface area contributed by atoms with E-state index in [1.54, 1.807) is 13.0 Å². The Bertz CT molecular complexity index is 407. The van der Waals surface area contributed by atoms with Crippen LogP contribution in [-0.4, -0.2) is 23.6 Å². The summed E-state index contributed by atoms with van der Waals surface area (Å²) >= 11 is 0. The highest BCUT2D eigenvalue weighted by Crippen LogP contribution is 2.16. The van der Waals surface area contributed by atoms with E-state index in [-0.39, 0.29) is 16.7 Å². The summed E-state index contributed by atoms with van der Waals surface area (Å²) in [6.45, 7) is 1.62. The molecule has 0 heterocycles. The molecule has 0 aliphatic rings. The normalized spacial score (nSPS) is 9.50. The van der Waals surface area contributed by atoms with Gasteiger partial charge < -0.3 is 5.11 Å². The van der Waals surface area contributed by atoms with Gasteiger partial charge in [-0.25, -0.2) is 4.79 Å². The largest absolute Gasteiger partial charge is 0.478 e. The number of rotatable bonds is 3. The minimum Gasteiger partial charge on any atom is -0.478 e. The van der Waals surface area contributed by atoms with Gasteiger partial charge in [0.05, 0.1) is 5.56 Å². The van der Waals surface area contributed by atoms with Crippen LogP contribution in [0.25, 0.3) is 0 Å². The fourth-order valence-electron chi connectivity index (χ4n) is 1.23. The Kier molecular flexibility index (Phi) is 2.76. The molecule has 4 heteroatoms. The molecule has 0 fully saturated rings. The molecule has 72 valence electrons. The maximum Gasteiger partial charge on any atom is 0.337 e. The Morgan fingerprint density at radius 1 is 1.29 bits per heavy atom. The zero-order valence-corrected chi connectivity index (χ0v) is 7.48. The van der Waals surface area contributed by atoms with Crippen molar-refractivity contribution in [3.05, 3.63) is 34.4 Å². The molecule has 1 rings (SSSR count). The first kappa shape index (κ1) is 10.1. The maximum absolute atomic E-state index is 10.8. The molecule has 0 aliphatic heterocycles. The van der Waals surface area contributed by atoms with E-state index in [1.807, 2.05) is 0 Å². The summed E-state index contributed by atoms with van der Waals surface area (Å²) in [6, 6.07) is 2.93. The molecule has 0 saturated carbocycles. The second-order valence-electron chi connectivity index (χ2n) is 2.80. The molecule has 0 spiro atoms. The Hall–Kier alpha value is -1.97. The van der Waals surface area contributed by atoms with E-state index in [4.69, 9.17) is 5.11 Å². The van der Waals surface area contributed by atoms with Gasteiger partial charge in [-0.1, -0.05) is 12.1 Å². The van der Waals surface area contributed by atoms with Gasteiger partial charge in [-0.15, -0.1) is 0 Å². The van der Waals surface area contributed by atoms with Crippen molar-refractivity contribution >= 4 is 18.5 Å². The Labute approximate surface area is 80.2 Å². The van der Waals surface area contributed by atoms with Gasteiger partial charge in [0.25, 0.3) is 0 Å². The first-order valence-corrected chi connectivity index (χ1v) is 3.89. The molecule has 1 N–H and O–H groups in total. The van der Waals surface area contributed by atoms with Gasteiger partial charge in [0.2, 0.25) is 0 Å². The first-order chi connectivity index (χ1) is 6.61. The summed E-state index contributed by atoms with van der Waals surface area (Å²) in [4.78, 5) is 32.0. The third kappa shape index (κ3) is 1.54. The van der Waals surface area contributed by atoms with Crippen LogP contribution in [-0.2, 0) is 0 Å². The molecule has 0 unspecified atom stereocenters. The van der Waals surface area contributed by atoms with Crippen LogP contribution >= 0.6 is 0 Å². The van der Waals surface area contributed by atoms with Crippen LogP contribution in [0, 0.1) is 6.92 Å². The lowest BCUT2D eigenvalue weighted by Crippen LogP contribution is -2.08. The first-order valence-electron chi connectivity index (χ1n) is 3.89. The molecule has 14 heavy (non-hydrogen) atoms. The van der Waals surface area contributed by atoms with E-state index in [1.165, 1.54) is 6.07 Å². The SMILES string of the molecule is Cc1ccc(C=O)c(C(=O)O)c1C=O. The number of carbonyl (C=O) groups excluding carboxylic acids is 2. The molecule has 1 aromatic rings. The van der Waals surface area contributed by atoms with E-state index in [0.29, 0.717) is 18.1 Å². The number of hydrogen-bond donors (Lipinski definition) is 1. The van der Waals surface area contributed by atoms with Gasteiger partial charge >= 0.3 is 5.97 Å². The van der Waals surface area contributed by atoms with Crippen LogP contribution in [0.4, 0.5) is 0 Å². The molecule has 4 nitrogen and oxygen atoms in total. The summed E-state index contributed by atoms with van der Waals surface area (Å²) in [5.41, 5.74) is 0.394.